The first-order chi connectivity index (χ1) is 14.0. The molecule has 0 aromatic rings. The van der Waals surface area contributed by atoms with Crippen LogP contribution < -0.4 is 11.1 Å². The molecule has 0 radical (unpaired) electrons. The Morgan fingerprint density at radius 2 is 1.77 bits per heavy atom. The molecule has 0 bridgehead atoms. The van der Waals surface area contributed by atoms with Gasteiger partial charge in [0.15, 0.2) is 0 Å². The van der Waals surface area contributed by atoms with Gasteiger partial charge in [-0.1, -0.05) is 48.0 Å². The van der Waals surface area contributed by atoms with Crippen molar-refractivity contribution in [1.82, 2.24) is 15.1 Å². The lowest BCUT2D eigenvalue weighted by Gasteiger charge is -2.46. The highest BCUT2D eigenvalue weighted by atomic mass is 16.2. The van der Waals surface area contributed by atoms with E-state index in [0.717, 1.165) is 45.4 Å². The van der Waals surface area contributed by atoms with Gasteiger partial charge in [-0.2, -0.15) is 0 Å². The Kier molecular flexibility index (Phi) is 10.8. The first kappa shape index (κ1) is 26.9. The highest BCUT2D eigenvalue weighted by Gasteiger charge is 2.53. The molecule has 1 saturated heterocycles. The van der Waals surface area contributed by atoms with Crippen molar-refractivity contribution >= 4 is 11.8 Å². The lowest BCUT2D eigenvalue weighted by atomic mass is 9.72. The number of amides is 2. The van der Waals surface area contributed by atoms with Crippen LogP contribution >= 0.6 is 0 Å². The number of nitrogens with one attached hydrogen (secondary N) is 1. The van der Waals surface area contributed by atoms with E-state index >= 15 is 0 Å². The normalized spacial score (nSPS) is 22.0. The van der Waals surface area contributed by atoms with Crippen LogP contribution in [-0.4, -0.2) is 65.9 Å². The first-order valence-electron chi connectivity index (χ1n) is 12.1. The molecule has 1 aliphatic rings. The monoisotopic (exact) mass is 424 g/mol. The largest absolute Gasteiger partial charge is 0.343 e. The zero-order valence-corrected chi connectivity index (χ0v) is 20.7. The number of nitrogens with two attached hydrogens (primary N) is 1. The van der Waals surface area contributed by atoms with Crippen molar-refractivity contribution in [2.24, 2.45) is 17.1 Å². The minimum absolute atomic E-state index is 0.0333. The van der Waals surface area contributed by atoms with Crippen molar-refractivity contribution < 1.29 is 9.59 Å². The molecule has 1 rings (SSSR count). The molecule has 6 nitrogen and oxygen atoms in total. The predicted octanol–water partition coefficient (Wildman–Crippen LogP) is 3.40. The second-order valence-corrected chi connectivity index (χ2v) is 10.3. The number of carbonyl (C=O) groups excluding carboxylic acids is 2. The van der Waals surface area contributed by atoms with E-state index in [1.165, 1.54) is 12.8 Å². The minimum atomic E-state index is -0.499. The van der Waals surface area contributed by atoms with Gasteiger partial charge in [0.05, 0.1) is 6.54 Å². The molecule has 2 amide bonds. The molecule has 3 N–H and O–H groups in total. The molecule has 0 aliphatic carbocycles. The van der Waals surface area contributed by atoms with Crippen LogP contribution in [0.2, 0.25) is 0 Å². The highest BCUT2D eigenvalue weighted by molar-refractivity contribution is 5.89. The second-order valence-electron chi connectivity index (χ2n) is 10.3. The second kappa shape index (κ2) is 12.0. The van der Waals surface area contributed by atoms with Gasteiger partial charge < -0.3 is 20.9 Å². The maximum atomic E-state index is 13.6. The van der Waals surface area contributed by atoms with Crippen LogP contribution in [0.5, 0.6) is 0 Å². The van der Waals surface area contributed by atoms with Crippen LogP contribution in [-0.2, 0) is 9.59 Å². The Morgan fingerprint density at radius 3 is 2.30 bits per heavy atom. The number of hydrogen-bond donors (Lipinski definition) is 2. The van der Waals surface area contributed by atoms with Crippen LogP contribution in [0.4, 0.5) is 0 Å². The van der Waals surface area contributed by atoms with E-state index in [1.54, 1.807) is 0 Å². The summed E-state index contributed by atoms with van der Waals surface area (Å²) in [7, 11) is 0. The molecule has 2 atom stereocenters. The van der Waals surface area contributed by atoms with E-state index < -0.39 is 6.04 Å². The molecular formula is C24H48N4O2. The fraction of sp³-hybridized carbons (Fsp3) is 0.917. The minimum Gasteiger partial charge on any atom is -0.343 e. The van der Waals surface area contributed by atoms with Crippen LogP contribution in [0, 0.1) is 11.3 Å². The molecule has 0 aromatic heterocycles. The van der Waals surface area contributed by atoms with Gasteiger partial charge in [-0.25, -0.2) is 0 Å². The summed E-state index contributed by atoms with van der Waals surface area (Å²) in [4.78, 5) is 30.2. The summed E-state index contributed by atoms with van der Waals surface area (Å²) in [5, 5.41) is 2.89. The van der Waals surface area contributed by atoms with Crippen molar-refractivity contribution in [3.05, 3.63) is 0 Å². The zero-order valence-electron chi connectivity index (χ0n) is 20.7. The molecule has 1 unspecified atom stereocenters. The third-order valence-electron chi connectivity index (χ3n) is 7.09. The maximum absolute atomic E-state index is 13.6. The third-order valence-corrected chi connectivity index (χ3v) is 7.09. The number of likely N-dealkylation sites (tertiary alicyclic amines) is 1. The molecule has 1 fully saturated rings. The van der Waals surface area contributed by atoms with E-state index in [2.05, 4.69) is 63.6 Å². The average Bonchev–Trinajstić information content (AvgIpc) is 2.91. The van der Waals surface area contributed by atoms with Gasteiger partial charge >= 0.3 is 0 Å². The zero-order chi connectivity index (χ0) is 22.9. The van der Waals surface area contributed by atoms with Gasteiger partial charge in [0.25, 0.3) is 0 Å². The molecule has 176 valence electrons. The van der Waals surface area contributed by atoms with Gasteiger partial charge in [0, 0.05) is 18.6 Å². The van der Waals surface area contributed by atoms with Gasteiger partial charge in [0.2, 0.25) is 11.8 Å². The number of carbonyl (C=O) groups is 2. The van der Waals surface area contributed by atoms with E-state index in [-0.39, 0.29) is 29.3 Å². The standard InChI is InChI=1S/C24H48N4O2/c1-8-10-14-27(13-9-2)15-12-24(7)23(5,6)11-16-28(24)22(30)20(17-19(3)4)26-21(29)18-25/h19-20H,8-18,25H2,1-7H3,(H,26,29)/t20?,24-/m1/s1. The quantitative estimate of drug-likeness (QED) is 0.475. The van der Waals surface area contributed by atoms with Gasteiger partial charge in [-0.3, -0.25) is 9.59 Å². The number of nitrogens with zero attached hydrogens (tertiary/aromatic N) is 2. The van der Waals surface area contributed by atoms with Crippen molar-refractivity contribution in [3.63, 3.8) is 0 Å². The predicted molar refractivity (Wildman–Crippen MR) is 125 cm³/mol. The fourth-order valence-electron chi connectivity index (χ4n) is 4.64. The topological polar surface area (TPSA) is 78.7 Å². The molecular weight excluding hydrogens is 376 g/mol. The Balaban J connectivity index is 3.04. The van der Waals surface area contributed by atoms with E-state index in [1.807, 2.05) is 0 Å². The van der Waals surface area contributed by atoms with E-state index in [0.29, 0.717) is 12.3 Å². The summed E-state index contributed by atoms with van der Waals surface area (Å²) < 4.78 is 0. The molecule has 1 aliphatic heterocycles. The number of hydrogen-bond acceptors (Lipinski definition) is 4. The summed E-state index contributed by atoms with van der Waals surface area (Å²) in [6.07, 6.45) is 6.13. The van der Waals surface area contributed by atoms with Crippen molar-refractivity contribution in [3.8, 4) is 0 Å². The smallest absolute Gasteiger partial charge is 0.245 e. The Bertz CT molecular complexity index is 549. The molecule has 1 heterocycles. The summed E-state index contributed by atoms with van der Waals surface area (Å²) in [6.45, 7) is 19.3. The molecule has 0 aromatic carbocycles. The number of rotatable bonds is 13. The van der Waals surface area contributed by atoms with Crippen LogP contribution in [0.25, 0.3) is 0 Å². The third kappa shape index (κ3) is 6.94. The maximum Gasteiger partial charge on any atom is 0.245 e. The van der Waals surface area contributed by atoms with Gasteiger partial charge in [0.1, 0.15) is 6.04 Å². The highest BCUT2D eigenvalue weighted by Crippen LogP contribution is 2.47. The van der Waals surface area contributed by atoms with Crippen molar-refractivity contribution in [2.45, 2.75) is 98.6 Å². The molecule has 6 heteroatoms. The number of unbranched alkanes of at least 4 members (excludes halogenated alkanes) is 1. The summed E-state index contributed by atoms with van der Waals surface area (Å²) >= 11 is 0. The van der Waals surface area contributed by atoms with Crippen LogP contribution in [0.15, 0.2) is 0 Å². The van der Waals surface area contributed by atoms with E-state index in [4.69, 9.17) is 5.73 Å². The first-order valence-corrected chi connectivity index (χ1v) is 12.1. The summed E-state index contributed by atoms with van der Waals surface area (Å²) in [5.74, 6) is 0.102. The molecule has 0 saturated carbocycles. The van der Waals surface area contributed by atoms with Crippen molar-refractivity contribution in [2.75, 3.05) is 32.7 Å². The SMILES string of the molecule is CCCCN(CCC)CC[C@@]1(C)N(C(=O)C(CC(C)C)NC(=O)CN)CCC1(C)C. The van der Waals surface area contributed by atoms with Crippen molar-refractivity contribution in [1.29, 1.82) is 0 Å². The van der Waals surface area contributed by atoms with Crippen LogP contribution in [0.1, 0.15) is 87.0 Å². The van der Waals surface area contributed by atoms with Gasteiger partial charge in [-0.05, 0) is 63.5 Å². The molecule has 0 spiro atoms. The Labute approximate surface area is 185 Å². The average molecular weight is 425 g/mol. The van der Waals surface area contributed by atoms with E-state index in [9.17, 15) is 9.59 Å². The lowest BCUT2D eigenvalue weighted by molar-refractivity contribution is -0.142. The fourth-order valence-corrected chi connectivity index (χ4v) is 4.64. The summed E-state index contributed by atoms with van der Waals surface area (Å²) in [6, 6.07) is -0.499. The Morgan fingerprint density at radius 1 is 1.10 bits per heavy atom. The van der Waals surface area contributed by atoms with Crippen LogP contribution in [0.3, 0.4) is 0 Å². The van der Waals surface area contributed by atoms with Gasteiger partial charge in [-0.15, -0.1) is 0 Å². The Hall–Kier alpha value is -1.14. The lowest BCUT2D eigenvalue weighted by Crippen LogP contribution is -2.58. The molecule has 30 heavy (non-hydrogen) atoms. The summed E-state index contributed by atoms with van der Waals surface area (Å²) in [5.41, 5.74) is 5.31.